The average Bonchev–Trinajstić information content (AvgIpc) is 2.51. The van der Waals surface area contributed by atoms with E-state index in [2.05, 4.69) is 6.92 Å². The van der Waals surface area contributed by atoms with Crippen LogP contribution in [0.25, 0.3) is 0 Å². The van der Waals surface area contributed by atoms with Gasteiger partial charge >= 0.3 is 11.9 Å². The van der Waals surface area contributed by atoms with Gasteiger partial charge in [-0.1, -0.05) is 33.1 Å². The summed E-state index contributed by atoms with van der Waals surface area (Å²) in [6.45, 7) is 6.46. The Labute approximate surface area is 132 Å². The number of hydrogen-bond acceptors (Lipinski definition) is 4. The maximum absolute atomic E-state index is 11.9. The molecule has 1 aromatic rings. The molecule has 0 saturated heterocycles. The summed E-state index contributed by atoms with van der Waals surface area (Å²) in [4.78, 5) is 23.7. The molecule has 0 saturated carbocycles. The SMILES string of the molecule is CCCCCOC(=O)c1ccc(C(=O)OC(C)CCC)cc1. The first-order valence-electron chi connectivity index (χ1n) is 8.06. The zero-order valence-corrected chi connectivity index (χ0v) is 13.8. The minimum absolute atomic E-state index is 0.0966. The summed E-state index contributed by atoms with van der Waals surface area (Å²) >= 11 is 0. The molecule has 0 fully saturated rings. The van der Waals surface area contributed by atoms with E-state index in [1.807, 2.05) is 13.8 Å². The highest BCUT2D eigenvalue weighted by Crippen LogP contribution is 2.10. The minimum atomic E-state index is -0.358. The first-order chi connectivity index (χ1) is 10.6. The van der Waals surface area contributed by atoms with E-state index in [0.29, 0.717) is 17.7 Å². The number of esters is 2. The summed E-state index contributed by atoms with van der Waals surface area (Å²) in [5, 5.41) is 0. The molecule has 1 unspecified atom stereocenters. The summed E-state index contributed by atoms with van der Waals surface area (Å²) in [7, 11) is 0. The van der Waals surface area contributed by atoms with E-state index in [-0.39, 0.29) is 18.0 Å². The van der Waals surface area contributed by atoms with Crippen LogP contribution in [-0.4, -0.2) is 24.6 Å². The van der Waals surface area contributed by atoms with Crippen LogP contribution in [0.2, 0.25) is 0 Å². The molecule has 0 spiro atoms. The van der Waals surface area contributed by atoms with Crippen molar-refractivity contribution in [1.82, 2.24) is 0 Å². The summed E-state index contributed by atoms with van der Waals surface area (Å²) < 4.78 is 10.5. The van der Waals surface area contributed by atoms with E-state index in [0.717, 1.165) is 32.1 Å². The topological polar surface area (TPSA) is 52.6 Å². The maximum atomic E-state index is 11.9. The van der Waals surface area contributed by atoms with Gasteiger partial charge in [0.2, 0.25) is 0 Å². The second-order valence-corrected chi connectivity index (χ2v) is 5.42. The predicted octanol–water partition coefficient (Wildman–Crippen LogP) is 4.38. The normalized spacial score (nSPS) is 11.8. The maximum Gasteiger partial charge on any atom is 0.338 e. The van der Waals surface area contributed by atoms with Crippen molar-refractivity contribution in [3.63, 3.8) is 0 Å². The highest BCUT2D eigenvalue weighted by atomic mass is 16.5. The molecule has 0 radical (unpaired) electrons. The average molecular weight is 306 g/mol. The highest BCUT2D eigenvalue weighted by Gasteiger charge is 2.13. The van der Waals surface area contributed by atoms with Crippen LogP contribution in [0.3, 0.4) is 0 Å². The van der Waals surface area contributed by atoms with Crippen molar-refractivity contribution < 1.29 is 19.1 Å². The predicted molar refractivity (Wildman–Crippen MR) is 86.0 cm³/mol. The van der Waals surface area contributed by atoms with Crippen LogP contribution < -0.4 is 0 Å². The monoisotopic (exact) mass is 306 g/mol. The quantitative estimate of drug-likeness (QED) is 0.502. The third kappa shape index (κ3) is 6.29. The number of ether oxygens (including phenoxy) is 2. The fourth-order valence-electron chi connectivity index (χ4n) is 2.06. The zero-order valence-electron chi connectivity index (χ0n) is 13.8. The van der Waals surface area contributed by atoms with Crippen molar-refractivity contribution in [2.45, 2.75) is 59.0 Å². The molecule has 0 aliphatic rings. The van der Waals surface area contributed by atoms with Gasteiger partial charge in [-0.25, -0.2) is 9.59 Å². The summed E-state index contributed by atoms with van der Waals surface area (Å²) in [6.07, 6.45) is 4.73. The van der Waals surface area contributed by atoms with E-state index < -0.39 is 0 Å². The van der Waals surface area contributed by atoms with Crippen LogP contribution in [0.4, 0.5) is 0 Å². The van der Waals surface area contributed by atoms with E-state index in [9.17, 15) is 9.59 Å². The van der Waals surface area contributed by atoms with Gasteiger partial charge in [0, 0.05) is 0 Å². The van der Waals surface area contributed by atoms with Crippen LogP contribution in [0.5, 0.6) is 0 Å². The van der Waals surface area contributed by atoms with E-state index in [4.69, 9.17) is 9.47 Å². The lowest BCUT2D eigenvalue weighted by Gasteiger charge is -2.12. The summed E-state index contributed by atoms with van der Waals surface area (Å²) in [5.41, 5.74) is 0.903. The highest BCUT2D eigenvalue weighted by molar-refractivity contribution is 5.93. The third-order valence-corrected chi connectivity index (χ3v) is 3.34. The molecular weight excluding hydrogens is 280 g/mol. The third-order valence-electron chi connectivity index (χ3n) is 3.34. The molecule has 1 atom stereocenters. The molecule has 1 aromatic carbocycles. The van der Waals surface area contributed by atoms with Gasteiger partial charge in [0.25, 0.3) is 0 Å². The Morgan fingerprint density at radius 2 is 1.55 bits per heavy atom. The van der Waals surface area contributed by atoms with Gasteiger partial charge < -0.3 is 9.47 Å². The van der Waals surface area contributed by atoms with Gasteiger partial charge in [0.15, 0.2) is 0 Å². The molecule has 0 amide bonds. The van der Waals surface area contributed by atoms with Crippen LogP contribution >= 0.6 is 0 Å². The number of benzene rings is 1. The van der Waals surface area contributed by atoms with Crippen molar-refractivity contribution >= 4 is 11.9 Å². The molecule has 0 aromatic heterocycles. The number of carbonyl (C=O) groups excluding carboxylic acids is 2. The van der Waals surface area contributed by atoms with Crippen molar-refractivity contribution in [2.24, 2.45) is 0 Å². The van der Waals surface area contributed by atoms with Crippen LogP contribution in [0.15, 0.2) is 24.3 Å². The molecule has 1 rings (SSSR count). The molecule has 122 valence electrons. The fourth-order valence-corrected chi connectivity index (χ4v) is 2.06. The second kappa shape index (κ2) is 9.98. The Morgan fingerprint density at radius 3 is 2.09 bits per heavy atom. The van der Waals surface area contributed by atoms with Gasteiger partial charge in [-0.15, -0.1) is 0 Å². The number of rotatable bonds is 9. The van der Waals surface area contributed by atoms with E-state index in [1.165, 1.54) is 0 Å². The Kier molecular flexibility index (Phi) is 8.26. The minimum Gasteiger partial charge on any atom is -0.462 e. The molecule has 0 aliphatic carbocycles. The van der Waals surface area contributed by atoms with Crippen LogP contribution in [0.1, 0.15) is 73.6 Å². The standard InChI is InChI=1S/C18H26O4/c1-4-6-7-13-21-17(19)15-9-11-16(12-10-15)18(20)22-14(3)8-5-2/h9-12,14H,4-8,13H2,1-3H3. The first kappa shape index (κ1) is 18.2. The van der Waals surface area contributed by atoms with Crippen LogP contribution in [0, 0.1) is 0 Å². The van der Waals surface area contributed by atoms with Crippen molar-refractivity contribution in [1.29, 1.82) is 0 Å². The Bertz CT molecular complexity index is 464. The molecule has 0 aliphatic heterocycles. The lowest BCUT2D eigenvalue weighted by atomic mass is 10.1. The van der Waals surface area contributed by atoms with Crippen molar-refractivity contribution in [3.05, 3.63) is 35.4 Å². The lowest BCUT2D eigenvalue weighted by Crippen LogP contribution is -2.15. The second-order valence-electron chi connectivity index (χ2n) is 5.42. The first-order valence-corrected chi connectivity index (χ1v) is 8.06. The molecule has 0 N–H and O–H groups in total. The van der Waals surface area contributed by atoms with Crippen LogP contribution in [-0.2, 0) is 9.47 Å². The molecular formula is C18H26O4. The van der Waals surface area contributed by atoms with Crippen molar-refractivity contribution in [3.8, 4) is 0 Å². The van der Waals surface area contributed by atoms with Gasteiger partial charge in [-0.2, -0.15) is 0 Å². The number of hydrogen-bond donors (Lipinski definition) is 0. The largest absolute Gasteiger partial charge is 0.462 e. The Hall–Kier alpha value is -1.84. The van der Waals surface area contributed by atoms with Gasteiger partial charge in [-0.3, -0.25) is 0 Å². The van der Waals surface area contributed by atoms with Gasteiger partial charge in [0.1, 0.15) is 0 Å². The van der Waals surface area contributed by atoms with E-state index in [1.54, 1.807) is 24.3 Å². The molecule has 4 nitrogen and oxygen atoms in total. The number of unbranched alkanes of at least 4 members (excludes halogenated alkanes) is 2. The zero-order chi connectivity index (χ0) is 16.4. The Balaban J connectivity index is 2.51. The number of carbonyl (C=O) groups is 2. The lowest BCUT2D eigenvalue weighted by molar-refractivity contribution is 0.0322. The Morgan fingerprint density at radius 1 is 0.955 bits per heavy atom. The molecule has 22 heavy (non-hydrogen) atoms. The molecule has 4 heteroatoms. The smallest absolute Gasteiger partial charge is 0.338 e. The van der Waals surface area contributed by atoms with Crippen molar-refractivity contribution in [2.75, 3.05) is 6.61 Å². The fraction of sp³-hybridized carbons (Fsp3) is 0.556. The molecule has 0 heterocycles. The molecule has 0 bridgehead atoms. The van der Waals surface area contributed by atoms with Gasteiger partial charge in [0.05, 0.1) is 23.8 Å². The summed E-state index contributed by atoms with van der Waals surface area (Å²) in [5.74, 6) is -0.709. The van der Waals surface area contributed by atoms with E-state index >= 15 is 0 Å². The van der Waals surface area contributed by atoms with Gasteiger partial charge in [-0.05, 0) is 44.0 Å². The summed E-state index contributed by atoms with van der Waals surface area (Å²) in [6, 6.07) is 6.40.